The summed E-state index contributed by atoms with van der Waals surface area (Å²) in [5.41, 5.74) is 1.01. The van der Waals surface area contributed by atoms with E-state index in [9.17, 15) is 4.79 Å². The Bertz CT molecular complexity index is 945. The maximum absolute atomic E-state index is 12.6. The minimum Gasteiger partial charge on any atom is -0.486 e. The monoisotopic (exact) mass is 369 g/mol. The molecule has 4 rings (SSSR count). The van der Waals surface area contributed by atoms with Crippen molar-refractivity contribution >= 4 is 23.1 Å². The van der Waals surface area contributed by atoms with Gasteiger partial charge in [0.25, 0.3) is 5.91 Å². The van der Waals surface area contributed by atoms with Crippen molar-refractivity contribution in [2.75, 3.05) is 18.5 Å². The lowest BCUT2D eigenvalue weighted by Gasteiger charge is -2.18. The molecule has 0 unspecified atom stereocenters. The second-order valence-electron chi connectivity index (χ2n) is 6.23. The van der Waals surface area contributed by atoms with Crippen molar-refractivity contribution in [1.82, 2.24) is 9.78 Å². The molecule has 3 heterocycles. The maximum Gasteiger partial charge on any atom is 0.266 e. The number of ether oxygens (including phenoxy) is 2. The van der Waals surface area contributed by atoms with Crippen LogP contribution in [0.15, 0.2) is 42.6 Å². The number of aromatic nitrogens is 2. The first kappa shape index (κ1) is 16.7. The first-order chi connectivity index (χ1) is 12.6. The molecule has 1 aromatic carbocycles. The van der Waals surface area contributed by atoms with E-state index in [1.165, 1.54) is 11.3 Å². The molecule has 6 nitrogen and oxygen atoms in total. The van der Waals surface area contributed by atoms with E-state index >= 15 is 0 Å². The number of anilines is 1. The number of rotatable bonds is 4. The van der Waals surface area contributed by atoms with Gasteiger partial charge >= 0.3 is 0 Å². The van der Waals surface area contributed by atoms with Crippen LogP contribution in [0, 0.1) is 0 Å². The fourth-order valence-electron chi connectivity index (χ4n) is 2.81. The molecule has 1 amide bonds. The molecule has 0 saturated heterocycles. The first-order valence-corrected chi connectivity index (χ1v) is 9.28. The second-order valence-corrected chi connectivity index (χ2v) is 7.32. The van der Waals surface area contributed by atoms with E-state index in [4.69, 9.17) is 9.47 Å². The predicted molar refractivity (Wildman–Crippen MR) is 101 cm³/mol. The van der Waals surface area contributed by atoms with Gasteiger partial charge in [-0.1, -0.05) is 0 Å². The summed E-state index contributed by atoms with van der Waals surface area (Å²) >= 11 is 1.44. The fourth-order valence-corrected chi connectivity index (χ4v) is 3.71. The van der Waals surface area contributed by atoms with Crippen LogP contribution < -0.4 is 14.8 Å². The highest BCUT2D eigenvalue weighted by atomic mass is 32.1. The SMILES string of the molecule is CC(C)n1nccc1NC(=O)c1ccc(-c2ccc3c(c2)OCCO3)s1. The molecule has 0 saturated carbocycles. The van der Waals surface area contributed by atoms with Gasteiger partial charge in [0.1, 0.15) is 19.0 Å². The summed E-state index contributed by atoms with van der Waals surface area (Å²) < 4.78 is 13.0. The van der Waals surface area contributed by atoms with Crippen LogP contribution in [0.2, 0.25) is 0 Å². The Hall–Kier alpha value is -2.80. The van der Waals surface area contributed by atoms with Crippen molar-refractivity contribution in [3.63, 3.8) is 0 Å². The van der Waals surface area contributed by atoms with Gasteiger partial charge in [-0.25, -0.2) is 4.68 Å². The molecule has 0 spiro atoms. The molecule has 2 aromatic heterocycles. The number of nitrogens with zero attached hydrogens (tertiary/aromatic N) is 2. The summed E-state index contributed by atoms with van der Waals surface area (Å²) in [4.78, 5) is 14.2. The maximum atomic E-state index is 12.6. The standard InChI is InChI=1S/C19H19N3O3S/c1-12(2)22-18(7-8-20-22)21-19(23)17-6-5-16(26-17)13-3-4-14-15(11-13)25-10-9-24-14/h3-8,11-12H,9-10H2,1-2H3,(H,21,23). The first-order valence-electron chi connectivity index (χ1n) is 8.46. The molecule has 7 heteroatoms. The van der Waals surface area contributed by atoms with E-state index in [-0.39, 0.29) is 11.9 Å². The van der Waals surface area contributed by atoms with Crippen LogP contribution in [0.1, 0.15) is 29.6 Å². The molecule has 0 fully saturated rings. The van der Waals surface area contributed by atoms with Crippen LogP contribution in [-0.4, -0.2) is 28.9 Å². The summed E-state index contributed by atoms with van der Waals surface area (Å²) in [7, 11) is 0. The molecule has 0 bridgehead atoms. The molecule has 1 aliphatic heterocycles. The number of hydrogen-bond donors (Lipinski definition) is 1. The smallest absolute Gasteiger partial charge is 0.266 e. The molecule has 0 aliphatic carbocycles. The lowest BCUT2D eigenvalue weighted by Crippen LogP contribution is -2.15. The van der Waals surface area contributed by atoms with Gasteiger partial charge < -0.3 is 14.8 Å². The predicted octanol–water partition coefficient (Wildman–Crippen LogP) is 4.22. The van der Waals surface area contributed by atoms with E-state index < -0.39 is 0 Å². The normalized spacial score (nSPS) is 13.0. The van der Waals surface area contributed by atoms with Crippen LogP contribution in [-0.2, 0) is 0 Å². The Morgan fingerprint density at radius 2 is 1.96 bits per heavy atom. The van der Waals surface area contributed by atoms with Crippen LogP contribution in [0.4, 0.5) is 5.82 Å². The van der Waals surface area contributed by atoms with Gasteiger partial charge in [-0.15, -0.1) is 11.3 Å². The average Bonchev–Trinajstić information content (AvgIpc) is 3.31. The molecule has 3 aromatic rings. The number of carbonyl (C=O) groups is 1. The Labute approximate surface area is 155 Å². The highest BCUT2D eigenvalue weighted by Gasteiger charge is 2.16. The lowest BCUT2D eigenvalue weighted by molar-refractivity contribution is 0.102. The van der Waals surface area contributed by atoms with E-state index in [1.807, 2.05) is 44.2 Å². The zero-order valence-corrected chi connectivity index (χ0v) is 15.4. The number of amides is 1. The largest absolute Gasteiger partial charge is 0.486 e. The van der Waals surface area contributed by atoms with Crippen molar-refractivity contribution in [3.05, 3.63) is 47.5 Å². The summed E-state index contributed by atoms with van der Waals surface area (Å²) in [6, 6.07) is 11.6. The summed E-state index contributed by atoms with van der Waals surface area (Å²) in [6.45, 7) is 5.17. The van der Waals surface area contributed by atoms with Gasteiger partial charge in [0.2, 0.25) is 0 Å². The van der Waals surface area contributed by atoms with Crippen LogP contribution in [0.3, 0.4) is 0 Å². The van der Waals surface area contributed by atoms with Crippen molar-refractivity contribution in [2.24, 2.45) is 0 Å². The Morgan fingerprint density at radius 3 is 2.77 bits per heavy atom. The van der Waals surface area contributed by atoms with Crippen molar-refractivity contribution < 1.29 is 14.3 Å². The second kappa shape index (κ2) is 6.84. The number of hydrogen-bond acceptors (Lipinski definition) is 5. The third-order valence-corrected chi connectivity index (χ3v) is 5.19. The Balaban J connectivity index is 1.54. The summed E-state index contributed by atoms with van der Waals surface area (Å²) in [6.07, 6.45) is 1.69. The number of thiophene rings is 1. The molecule has 26 heavy (non-hydrogen) atoms. The molecule has 0 atom stereocenters. The van der Waals surface area contributed by atoms with Gasteiger partial charge in [0.15, 0.2) is 11.5 Å². The molecule has 134 valence electrons. The van der Waals surface area contributed by atoms with Crippen molar-refractivity contribution in [2.45, 2.75) is 19.9 Å². The molecule has 1 N–H and O–H groups in total. The topological polar surface area (TPSA) is 65.4 Å². The minimum atomic E-state index is -0.138. The fraction of sp³-hybridized carbons (Fsp3) is 0.263. The van der Waals surface area contributed by atoms with Crippen LogP contribution in [0.5, 0.6) is 11.5 Å². The summed E-state index contributed by atoms with van der Waals surface area (Å²) in [5, 5.41) is 7.17. The third kappa shape index (κ3) is 3.17. The third-order valence-electron chi connectivity index (χ3n) is 4.06. The number of fused-ring (bicyclic) bond motifs is 1. The number of nitrogens with one attached hydrogen (secondary N) is 1. The number of benzene rings is 1. The van der Waals surface area contributed by atoms with Gasteiger partial charge in [-0.05, 0) is 49.7 Å². The van der Waals surface area contributed by atoms with Crippen molar-refractivity contribution in [3.8, 4) is 21.9 Å². The van der Waals surface area contributed by atoms with E-state index in [2.05, 4.69) is 10.4 Å². The molecular weight excluding hydrogens is 350 g/mol. The van der Waals surface area contributed by atoms with E-state index in [0.717, 1.165) is 21.9 Å². The van der Waals surface area contributed by atoms with Crippen LogP contribution >= 0.6 is 11.3 Å². The van der Waals surface area contributed by atoms with Crippen LogP contribution in [0.25, 0.3) is 10.4 Å². The quantitative estimate of drug-likeness (QED) is 0.748. The highest BCUT2D eigenvalue weighted by Crippen LogP contribution is 2.37. The summed E-state index contributed by atoms with van der Waals surface area (Å²) in [5.74, 6) is 2.06. The van der Waals surface area contributed by atoms with Gasteiger partial charge in [-0.2, -0.15) is 5.10 Å². The zero-order chi connectivity index (χ0) is 18.1. The van der Waals surface area contributed by atoms with E-state index in [1.54, 1.807) is 16.9 Å². The Morgan fingerprint density at radius 1 is 1.15 bits per heavy atom. The average molecular weight is 369 g/mol. The minimum absolute atomic E-state index is 0.138. The highest BCUT2D eigenvalue weighted by molar-refractivity contribution is 7.17. The van der Waals surface area contributed by atoms with Crippen molar-refractivity contribution in [1.29, 1.82) is 0 Å². The van der Waals surface area contributed by atoms with E-state index in [0.29, 0.717) is 23.9 Å². The lowest BCUT2D eigenvalue weighted by atomic mass is 10.1. The zero-order valence-electron chi connectivity index (χ0n) is 14.6. The number of carbonyl (C=O) groups excluding carboxylic acids is 1. The molecule has 0 radical (unpaired) electrons. The molecular formula is C19H19N3O3S. The van der Waals surface area contributed by atoms with Gasteiger partial charge in [-0.3, -0.25) is 4.79 Å². The Kier molecular flexibility index (Phi) is 4.38. The van der Waals surface area contributed by atoms with Gasteiger partial charge in [0.05, 0.1) is 11.1 Å². The van der Waals surface area contributed by atoms with Gasteiger partial charge in [0, 0.05) is 17.0 Å². The molecule has 1 aliphatic rings.